The third kappa shape index (κ3) is 6.98. The van der Waals surface area contributed by atoms with Crippen LogP contribution in [0.5, 0.6) is 5.75 Å². The van der Waals surface area contributed by atoms with Crippen molar-refractivity contribution in [2.45, 2.75) is 33.6 Å². The zero-order valence-electron chi connectivity index (χ0n) is 12.3. The summed E-state index contributed by atoms with van der Waals surface area (Å²) >= 11 is 3.46. The lowest BCUT2D eigenvalue weighted by molar-refractivity contribution is 0.244. The predicted octanol–water partition coefficient (Wildman–Crippen LogP) is 4.49. The molecule has 3 heteroatoms. The van der Waals surface area contributed by atoms with Crippen molar-refractivity contribution < 1.29 is 4.74 Å². The Balaban J connectivity index is 2.31. The normalized spacial score (nSPS) is 12.7. The Labute approximate surface area is 126 Å². The number of nitrogens with one attached hydrogen (secondary N) is 1. The fraction of sp³-hybridized carbons (Fsp3) is 0.625. The third-order valence-electron chi connectivity index (χ3n) is 3.33. The summed E-state index contributed by atoms with van der Waals surface area (Å²) in [7, 11) is 0. The Bertz CT molecular complexity index is 354. The van der Waals surface area contributed by atoms with Crippen LogP contribution in [0.2, 0.25) is 0 Å². The summed E-state index contributed by atoms with van der Waals surface area (Å²) in [5, 5.41) is 3.51. The molecule has 0 aliphatic rings. The van der Waals surface area contributed by atoms with Crippen molar-refractivity contribution in [3.8, 4) is 5.75 Å². The second-order valence-electron chi connectivity index (χ2n) is 5.30. The fourth-order valence-electron chi connectivity index (χ4n) is 2.02. The predicted molar refractivity (Wildman–Crippen MR) is 85.7 cm³/mol. The van der Waals surface area contributed by atoms with Crippen molar-refractivity contribution in [2.75, 3.05) is 19.7 Å². The maximum atomic E-state index is 5.82. The largest absolute Gasteiger partial charge is 0.494 e. The van der Waals surface area contributed by atoms with Gasteiger partial charge in [0.2, 0.25) is 0 Å². The Morgan fingerprint density at radius 2 is 2.11 bits per heavy atom. The number of halogens is 1. The SMILES string of the molecule is CCCNCC(CCOc1cccc(Br)c1)C(C)C. The van der Waals surface area contributed by atoms with Crippen molar-refractivity contribution in [3.63, 3.8) is 0 Å². The fourth-order valence-corrected chi connectivity index (χ4v) is 2.40. The van der Waals surface area contributed by atoms with Crippen molar-refractivity contribution >= 4 is 15.9 Å². The summed E-state index contributed by atoms with van der Waals surface area (Å²) in [6.07, 6.45) is 2.29. The molecule has 1 N–H and O–H groups in total. The van der Waals surface area contributed by atoms with Gasteiger partial charge in [-0.2, -0.15) is 0 Å². The van der Waals surface area contributed by atoms with E-state index in [1.807, 2.05) is 24.3 Å². The van der Waals surface area contributed by atoms with Crippen LogP contribution >= 0.6 is 15.9 Å². The highest BCUT2D eigenvalue weighted by Gasteiger charge is 2.12. The number of ether oxygens (including phenoxy) is 1. The van der Waals surface area contributed by atoms with Crippen LogP contribution in [0.25, 0.3) is 0 Å². The lowest BCUT2D eigenvalue weighted by Gasteiger charge is -2.21. The molecule has 1 aromatic rings. The molecular formula is C16H26BrNO. The zero-order chi connectivity index (χ0) is 14.1. The Morgan fingerprint density at radius 3 is 2.74 bits per heavy atom. The first-order valence-corrected chi connectivity index (χ1v) is 8.01. The van der Waals surface area contributed by atoms with E-state index in [-0.39, 0.29) is 0 Å². The zero-order valence-corrected chi connectivity index (χ0v) is 13.9. The van der Waals surface area contributed by atoms with Crippen LogP contribution in [-0.2, 0) is 0 Å². The summed E-state index contributed by atoms with van der Waals surface area (Å²) in [5.74, 6) is 2.31. The van der Waals surface area contributed by atoms with Crippen LogP contribution in [0.4, 0.5) is 0 Å². The molecule has 0 amide bonds. The third-order valence-corrected chi connectivity index (χ3v) is 3.82. The van der Waals surface area contributed by atoms with E-state index in [2.05, 4.69) is 42.0 Å². The minimum absolute atomic E-state index is 0.679. The van der Waals surface area contributed by atoms with Gasteiger partial charge in [0, 0.05) is 4.47 Å². The molecule has 0 aliphatic heterocycles. The van der Waals surface area contributed by atoms with Crippen molar-refractivity contribution in [1.29, 1.82) is 0 Å². The molecule has 0 aliphatic carbocycles. The maximum absolute atomic E-state index is 5.82. The van der Waals surface area contributed by atoms with Crippen LogP contribution in [-0.4, -0.2) is 19.7 Å². The highest BCUT2D eigenvalue weighted by molar-refractivity contribution is 9.10. The van der Waals surface area contributed by atoms with Gasteiger partial charge in [-0.25, -0.2) is 0 Å². The summed E-state index contributed by atoms with van der Waals surface area (Å²) in [4.78, 5) is 0. The highest BCUT2D eigenvalue weighted by atomic mass is 79.9. The van der Waals surface area contributed by atoms with Crippen LogP contribution in [0.3, 0.4) is 0 Å². The average molecular weight is 328 g/mol. The van der Waals surface area contributed by atoms with Crippen molar-refractivity contribution in [3.05, 3.63) is 28.7 Å². The standard InChI is InChI=1S/C16H26BrNO/c1-4-9-18-12-14(13(2)3)8-10-19-16-7-5-6-15(17)11-16/h5-7,11,13-14,18H,4,8-10,12H2,1-3H3. The van der Waals surface area contributed by atoms with Gasteiger partial charge in [0.25, 0.3) is 0 Å². The van der Waals surface area contributed by atoms with Crippen molar-refractivity contribution in [1.82, 2.24) is 5.32 Å². The topological polar surface area (TPSA) is 21.3 Å². The minimum Gasteiger partial charge on any atom is -0.494 e. The van der Waals surface area contributed by atoms with Gasteiger partial charge < -0.3 is 10.1 Å². The van der Waals surface area contributed by atoms with E-state index in [0.717, 1.165) is 36.3 Å². The first kappa shape index (κ1) is 16.5. The van der Waals surface area contributed by atoms with E-state index in [0.29, 0.717) is 11.8 Å². The number of hydrogen-bond donors (Lipinski definition) is 1. The molecular weight excluding hydrogens is 302 g/mol. The molecule has 1 rings (SSSR count). The van der Waals surface area contributed by atoms with Gasteiger partial charge >= 0.3 is 0 Å². The lowest BCUT2D eigenvalue weighted by atomic mass is 9.93. The van der Waals surface area contributed by atoms with E-state index < -0.39 is 0 Å². The highest BCUT2D eigenvalue weighted by Crippen LogP contribution is 2.19. The molecule has 0 radical (unpaired) electrons. The average Bonchev–Trinajstić information content (AvgIpc) is 2.37. The van der Waals surface area contributed by atoms with Gasteiger partial charge in [0.05, 0.1) is 6.61 Å². The van der Waals surface area contributed by atoms with Crippen LogP contribution in [0, 0.1) is 11.8 Å². The van der Waals surface area contributed by atoms with E-state index in [1.54, 1.807) is 0 Å². The van der Waals surface area contributed by atoms with Crippen LogP contribution in [0.15, 0.2) is 28.7 Å². The molecule has 108 valence electrons. The first-order chi connectivity index (χ1) is 9.13. The van der Waals surface area contributed by atoms with E-state index in [1.165, 1.54) is 6.42 Å². The second-order valence-corrected chi connectivity index (χ2v) is 6.22. The molecule has 0 saturated carbocycles. The summed E-state index contributed by atoms with van der Waals surface area (Å²) in [6.45, 7) is 9.76. The van der Waals surface area contributed by atoms with Gasteiger partial charge in [-0.3, -0.25) is 0 Å². The molecule has 1 unspecified atom stereocenters. The van der Waals surface area contributed by atoms with E-state index >= 15 is 0 Å². The molecule has 0 spiro atoms. The van der Waals surface area contributed by atoms with Crippen LogP contribution in [0.1, 0.15) is 33.6 Å². The molecule has 0 heterocycles. The lowest BCUT2D eigenvalue weighted by Crippen LogP contribution is -2.28. The molecule has 0 aromatic heterocycles. The smallest absolute Gasteiger partial charge is 0.120 e. The number of rotatable bonds is 9. The summed E-state index contributed by atoms with van der Waals surface area (Å²) in [5.41, 5.74) is 0. The van der Waals surface area contributed by atoms with Gasteiger partial charge in [-0.1, -0.05) is 42.8 Å². The monoisotopic (exact) mass is 327 g/mol. The molecule has 0 fully saturated rings. The quantitative estimate of drug-likeness (QED) is 0.675. The first-order valence-electron chi connectivity index (χ1n) is 7.22. The number of hydrogen-bond acceptors (Lipinski definition) is 2. The molecule has 1 atom stereocenters. The number of benzene rings is 1. The van der Waals surface area contributed by atoms with Crippen molar-refractivity contribution in [2.24, 2.45) is 11.8 Å². The molecule has 2 nitrogen and oxygen atoms in total. The van der Waals surface area contributed by atoms with E-state index in [4.69, 9.17) is 4.74 Å². The maximum Gasteiger partial charge on any atom is 0.120 e. The van der Waals surface area contributed by atoms with E-state index in [9.17, 15) is 0 Å². The Morgan fingerprint density at radius 1 is 1.32 bits per heavy atom. The molecule has 0 bridgehead atoms. The van der Waals surface area contributed by atoms with Gasteiger partial charge in [-0.15, -0.1) is 0 Å². The molecule has 0 saturated heterocycles. The Kier molecular flexibility index (Phi) is 8.15. The second kappa shape index (κ2) is 9.38. The Hall–Kier alpha value is -0.540. The van der Waals surface area contributed by atoms with Crippen LogP contribution < -0.4 is 10.1 Å². The van der Waals surface area contributed by atoms with Gasteiger partial charge in [-0.05, 0) is 56.0 Å². The minimum atomic E-state index is 0.679. The molecule has 19 heavy (non-hydrogen) atoms. The van der Waals surface area contributed by atoms with Gasteiger partial charge in [0.15, 0.2) is 0 Å². The summed E-state index contributed by atoms with van der Waals surface area (Å²) in [6, 6.07) is 8.03. The summed E-state index contributed by atoms with van der Waals surface area (Å²) < 4.78 is 6.88. The molecule has 1 aromatic carbocycles. The van der Waals surface area contributed by atoms with Gasteiger partial charge in [0.1, 0.15) is 5.75 Å².